The van der Waals surface area contributed by atoms with E-state index < -0.39 is 0 Å². The predicted octanol–water partition coefficient (Wildman–Crippen LogP) is 2.92. The standard InChI is InChI=1S/C12H20O/c1-9(2)11-6-5-10(3)12(4,7-11)8-13/h7,10,13H,1,5-6,8H2,2-4H3/t10-,12-/m1/s1. The highest BCUT2D eigenvalue weighted by Crippen LogP contribution is 2.39. The average molecular weight is 180 g/mol. The van der Waals surface area contributed by atoms with Gasteiger partial charge in [-0.15, -0.1) is 0 Å². The molecule has 0 spiro atoms. The number of hydrogen-bond donors (Lipinski definition) is 1. The molecular weight excluding hydrogens is 160 g/mol. The molecule has 0 radical (unpaired) electrons. The molecule has 1 aliphatic carbocycles. The molecule has 1 nitrogen and oxygen atoms in total. The molecule has 1 N–H and O–H groups in total. The lowest BCUT2D eigenvalue weighted by Crippen LogP contribution is -2.30. The van der Waals surface area contributed by atoms with Gasteiger partial charge >= 0.3 is 0 Å². The molecule has 0 heterocycles. The molecule has 2 atom stereocenters. The second kappa shape index (κ2) is 3.67. The second-order valence-electron chi connectivity index (χ2n) is 4.55. The van der Waals surface area contributed by atoms with Crippen LogP contribution in [0.2, 0.25) is 0 Å². The molecule has 0 fully saturated rings. The monoisotopic (exact) mass is 180 g/mol. The van der Waals surface area contributed by atoms with Gasteiger partial charge in [0.1, 0.15) is 0 Å². The fourth-order valence-electron chi connectivity index (χ4n) is 1.85. The molecule has 0 saturated heterocycles. The Balaban J connectivity index is 2.93. The van der Waals surface area contributed by atoms with Gasteiger partial charge in [-0.1, -0.05) is 32.1 Å². The van der Waals surface area contributed by atoms with Crippen molar-refractivity contribution in [3.05, 3.63) is 23.8 Å². The highest BCUT2D eigenvalue weighted by molar-refractivity contribution is 5.30. The summed E-state index contributed by atoms with van der Waals surface area (Å²) in [6.45, 7) is 10.6. The van der Waals surface area contributed by atoms with E-state index in [1.54, 1.807) is 0 Å². The van der Waals surface area contributed by atoms with Gasteiger partial charge in [0, 0.05) is 5.41 Å². The maximum Gasteiger partial charge on any atom is 0.0522 e. The summed E-state index contributed by atoms with van der Waals surface area (Å²) in [5.41, 5.74) is 2.44. The first kappa shape index (κ1) is 10.5. The zero-order valence-electron chi connectivity index (χ0n) is 8.93. The largest absolute Gasteiger partial charge is 0.395 e. The summed E-state index contributed by atoms with van der Waals surface area (Å²) in [6, 6.07) is 0. The molecule has 1 aliphatic rings. The maximum absolute atomic E-state index is 9.35. The maximum atomic E-state index is 9.35. The van der Waals surface area contributed by atoms with Crippen LogP contribution in [-0.4, -0.2) is 11.7 Å². The smallest absolute Gasteiger partial charge is 0.0522 e. The molecule has 74 valence electrons. The Labute approximate surface area is 81.2 Å². The van der Waals surface area contributed by atoms with Gasteiger partial charge in [0.25, 0.3) is 0 Å². The third-order valence-electron chi connectivity index (χ3n) is 3.37. The normalized spacial score (nSPS) is 34.2. The Bertz CT molecular complexity index is 240. The van der Waals surface area contributed by atoms with Gasteiger partial charge in [0.05, 0.1) is 6.61 Å². The quantitative estimate of drug-likeness (QED) is 0.692. The highest BCUT2D eigenvalue weighted by Gasteiger charge is 2.31. The predicted molar refractivity (Wildman–Crippen MR) is 56.5 cm³/mol. The van der Waals surface area contributed by atoms with E-state index in [-0.39, 0.29) is 12.0 Å². The van der Waals surface area contributed by atoms with Crippen LogP contribution in [0.3, 0.4) is 0 Å². The third kappa shape index (κ3) is 2.02. The van der Waals surface area contributed by atoms with Crippen molar-refractivity contribution in [3.63, 3.8) is 0 Å². The Morgan fingerprint density at radius 2 is 2.38 bits per heavy atom. The van der Waals surface area contributed by atoms with Crippen LogP contribution in [0.25, 0.3) is 0 Å². The summed E-state index contributed by atoms with van der Waals surface area (Å²) >= 11 is 0. The Hall–Kier alpha value is -0.560. The van der Waals surface area contributed by atoms with Crippen molar-refractivity contribution in [1.82, 2.24) is 0 Å². The molecule has 0 aromatic rings. The summed E-state index contributed by atoms with van der Waals surface area (Å²) in [5.74, 6) is 0.570. The Kier molecular flexibility index (Phi) is 2.97. The molecule has 13 heavy (non-hydrogen) atoms. The molecule has 0 amide bonds. The van der Waals surface area contributed by atoms with Gasteiger partial charge in [-0.05, 0) is 31.3 Å². The Morgan fingerprint density at radius 3 is 2.85 bits per heavy atom. The van der Waals surface area contributed by atoms with Crippen LogP contribution in [0.1, 0.15) is 33.6 Å². The summed E-state index contributed by atoms with van der Waals surface area (Å²) in [4.78, 5) is 0. The van der Waals surface area contributed by atoms with Crippen molar-refractivity contribution in [2.75, 3.05) is 6.61 Å². The minimum absolute atomic E-state index is 0.0352. The van der Waals surface area contributed by atoms with Gasteiger partial charge < -0.3 is 5.11 Å². The molecule has 0 aromatic heterocycles. The summed E-state index contributed by atoms with van der Waals surface area (Å²) in [7, 11) is 0. The number of aliphatic hydroxyl groups is 1. The van der Waals surface area contributed by atoms with Gasteiger partial charge in [0.15, 0.2) is 0 Å². The molecule has 1 rings (SSSR count). The molecule has 0 unspecified atom stereocenters. The van der Waals surface area contributed by atoms with Crippen LogP contribution in [0, 0.1) is 11.3 Å². The highest BCUT2D eigenvalue weighted by atomic mass is 16.3. The third-order valence-corrected chi connectivity index (χ3v) is 3.37. The zero-order valence-corrected chi connectivity index (χ0v) is 8.93. The van der Waals surface area contributed by atoms with Crippen LogP contribution < -0.4 is 0 Å². The lowest BCUT2D eigenvalue weighted by atomic mass is 9.70. The number of aliphatic hydroxyl groups excluding tert-OH is 1. The van der Waals surface area contributed by atoms with E-state index in [1.165, 1.54) is 5.57 Å². The van der Waals surface area contributed by atoms with Crippen molar-refractivity contribution in [3.8, 4) is 0 Å². The van der Waals surface area contributed by atoms with Gasteiger partial charge in [-0.2, -0.15) is 0 Å². The average Bonchev–Trinajstić information content (AvgIpc) is 2.09. The first-order chi connectivity index (χ1) is 5.99. The Morgan fingerprint density at radius 1 is 1.77 bits per heavy atom. The van der Waals surface area contributed by atoms with Crippen LogP contribution >= 0.6 is 0 Å². The van der Waals surface area contributed by atoms with Crippen LogP contribution in [0.5, 0.6) is 0 Å². The van der Waals surface area contributed by atoms with E-state index in [4.69, 9.17) is 0 Å². The fraction of sp³-hybridized carbons (Fsp3) is 0.667. The molecule has 0 aromatic carbocycles. The van der Waals surface area contributed by atoms with Crippen molar-refractivity contribution in [2.24, 2.45) is 11.3 Å². The van der Waals surface area contributed by atoms with E-state index >= 15 is 0 Å². The second-order valence-corrected chi connectivity index (χ2v) is 4.55. The van der Waals surface area contributed by atoms with Crippen molar-refractivity contribution < 1.29 is 5.11 Å². The zero-order chi connectivity index (χ0) is 10.1. The van der Waals surface area contributed by atoms with E-state index in [0.717, 1.165) is 18.4 Å². The molecule has 1 heteroatoms. The van der Waals surface area contributed by atoms with Crippen molar-refractivity contribution >= 4 is 0 Å². The molecular formula is C12H20O. The molecule has 0 bridgehead atoms. The topological polar surface area (TPSA) is 20.2 Å². The lowest BCUT2D eigenvalue weighted by molar-refractivity contribution is 0.120. The summed E-state index contributed by atoms with van der Waals surface area (Å²) in [6.07, 6.45) is 4.49. The van der Waals surface area contributed by atoms with Crippen LogP contribution in [0.4, 0.5) is 0 Å². The van der Waals surface area contributed by atoms with E-state index in [1.807, 2.05) is 6.92 Å². The number of hydrogen-bond acceptors (Lipinski definition) is 1. The minimum atomic E-state index is -0.0352. The fourth-order valence-corrected chi connectivity index (χ4v) is 1.85. The van der Waals surface area contributed by atoms with Gasteiger partial charge in [-0.25, -0.2) is 0 Å². The SMILES string of the molecule is C=C(C)C1=C[C@](C)(CO)[C@H](C)CC1. The van der Waals surface area contributed by atoms with Crippen LogP contribution in [0.15, 0.2) is 23.8 Å². The summed E-state index contributed by atoms with van der Waals surface area (Å²) < 4.78 is 0. The number of allylic oxidation sites excluding steroid dienone is 2. The van der Waals surface area contributed by atoms with Gasteiger partial charge in [0.2, 0.25) is 0 Å². The first-order valence-corrected chi connectivity index (χ1v) is 4.98. The summed E-state index contributed by atoms with van der Waals surface area (Å²) in [5, 5.41) is 9.35. The van der Waals surface area contributed by atoms with Gasteiger partial charge in [-0.3, -0.25) is 0 Å². The first-order valence-electron chi connectivity index (χ1n) is 4.98. The van der Waals surface area contributed by atoms with E-state index in [2.05, 4.69) is 26.5 Å². The van der Waals surface area contributed by atoms with Crippen molar-refractivity contribution in [2.45, 2.75) is 33.6 Å². The van der Waals surface area contributed by atoms with E-state index in [9.17, 15) is 5.11 Å². The number of rotatable bonds is 2. The van der Waals surface area contributed by atoms with Crippen LogP contribution in [-0.2, 0) is 0 Å². The lowest BCUT2D eigenvalue weighted by Gasteiger charge is -2.36. The molecule has 0 aliphatic heterocycles. The van der Waals surface area contributed by atoms with Crippen molar-refractivity contribution in [1.29, 1.82) is 0 Å². The molecule has 0 saturated carbocycles. The van der Waals surface area contributed by atoms with E-state index in [0.29, 0.717) is 5.92 Å². The minimum Gasteiger partial charge on any atom is -0.395 e.